The van der Waals surface area contributed by atoms with Crippen LogP contribution in [-0.2, 0) is 9.59 Å². The molecule has 0 N–H and O–H groups in total. The van der Waals surface area contributed by atoms with Gasteiger partial charge in [0.05, 0.1) is 0 Å². The van der Waals surface area contributed by atoms with E-state index in [-0.39, 0.29) is 17.1 Å². The number of ketones is 2. The van der Waals surface area contributed by atoms with Crippen molar-refractivity contribution in [3.63, 3.8) is 0 Å². The Labute approximate surface area is 125 Å². The maximum absolute atomic E-state index is 13.9. The molecule has 0 saturated heterocycles. The van der Waals surface area contributed by atoms with E-state index in [1.807, 2.05) is 0 Å². The van der Waals surface area contributed by atoms with Crippen molar-refractivity contribution in [1.82, 2.24) is 0 Å². The molecular formula is C18H23FO2. The minimum atomic E-state index is -1.30. The second-order valence-corrected chi connectivity index (χ2v) is 7.82. The molecule has 21 heavy (non-hydrogen) atoms. The topological polar surface area (TPSA) is 34.1 Å². The molecule has 0 aromatic heterocycles. The number of carbonyl (C=O) groups is 2. The average molecular weight is 290 g/mol. The molecule has 0 bridgehead atoms. The van der Waals surface area contributed by atoms with Crippen LogP contribution in [0.15, 0.2) is 11.6 Å². The van der Waals surface area contributed by atoms with Gasteiger partial charge in [-0.25, -0.2) is 4.39 Å². The highest BCUT2D eigenvalue weighted by atomic mass is 19.1. The molecule has 0 aromatic carbocycles. The third-order valence-corrected chi connectivity index (χ3v) is 7.06. The van der Waals surface area contributed by atoms with Crippen molar-refractivity contribution >= 4 is 11.6 Å². The Morgan fingerprint density at radius 2 is 1.95 bits per heavy atom. The lowest BCUT2D eigenvalue weighted by atomic mass is 9.52. The summed E-state index contributed by atoms with van der Waals surface area (Å²) in [5.74, 6) is 1.96. The summed E-state index contributed by atoms with van der Waals surface area (Å²) in [6.07, 6.45) is 6.49. The van der Waals surface area contributed by atoms with Gasteiger partial charge < -0.3 is 0 Å². The number of hydrogen-bond acceptors (Lipinski definition) is 2. The predicted octanol–water partition coefficient (Wildman–Crippen LogP) is 3.65. The van der Waals surface area contributed by atoms with Crippen molar-refractivity contribution in [3.05, 3.63) is 11.6 Å². The first-order valence-corrected chi connectivity index (χ1v) is 8.42. The van der Waals surface area contributed by atoms with Crippen LogP contribution in [0.2, 0.25) is 0 Å². The molecule has 0 amide bonds. The average Bonchev–Trinajstić information content (AvgIpc) is 2.76. The van der Waals surface area contributed by atoms with E-state index in [0.717, 1.165) is 38.5 Å². The van der Waals surface area contributed by atoms with Gasteiger partial charge in [0.2, 0.25) is 0 Å². The van der Waals surface area contributed by atoms with Crippen molar-refractivity contribution < 1.29 is 14.0 Å². The molecule has 6 atom stereocenters. The molecule has 4 aliphatic rings. The maximum atomic E-state index is 13.9. The molecule has 3 fully saturated rings. The highest BCUT2D eigenvalue weighted by Gasteiger charge is 2.56. The highest BCUT2D eigenvalue weighted by molar-refractivity contribution is 5.95. The molecule has 0 spiro atoms. The lowest BCUT2D eigenvalue weighted by Gasteiger charge is -2.52. The van der Waals surface area contributed by atoms with Crippen LogP contribution in [0.4, 0.5) is 4.39 Å². The number of rotatable bonds is 0. The van der Waals surface area contributed by atoms with Crippen LogP contribution in [0.5, 0.6) is 0 Å². The molecule has 0 heterocycles. The monoisotopic (exact) mass is 290 g/mol. The lowest BCUT2D eigenvalue weighted by Crippen LogP contribution is -2.47. The molecular weight excluding hydrogens is 267 g/mol. The summed E-state index contributed by atoms with van der Waals surface area (Å²) in [6.45, 7) is 2.16. The van der Waals surface area contributed by atoms with Crippen LogP contribution >= 0.6 is 0 Å². The van der Waals surface area contributed by atoms with Gasteiger partial charge in [0.15, 0.2) is 12.0 Å². The summed E-state index contributed by atoms with van der Waals surface area (Å²) >= 11 is 0. The molecule has 4 aliphatic carbocycles. The highest BCUT2D eigenvalue weighted by Crippen LogP contribution is 2.60. The fraction of sp³-hybridized carbons (Fsp3) is 0.778. The number of alkyl halides is 1. The Kier molecular flexibility index (Phi) is 2.93. The Morgan fingerprint density at radius 3 is 2.76 bits per heavy atom. The quantitative estimate of drug-likeness (QED) is 0.682. The van der Waals surface area contributed by atoms with E-state index in [0.29, 0.717) is 30.0 Å². The predicted molar refractivity (Wildman–Crippen MR) is 77.4 cm³/mol. The van der Waals surface area contributed by atoms with Crippen molar-refractivity contribution in [2.75, 3.05) is 0 Å². The normalized spacial score (nSPS) is 49.2. The largest absolute Gasteiger partial charge is 0.299 e. The van der Waals surface area contributed by atoms with Gasteiger partial charge in [-0.3, -0.25) is 9.59 Å². The zero-order chi connectivity index (χ0) is 14.8. The Bertz CT molecular complexity index is 537. The molecule has 2 nitrogen and oxygen atoms in total. The van der Waals surface area contributed by atoms with E-state index >= 15 is 0 Å². The van der Waals surface area contributed by atoms with Crippen molar-refractivity contribution in [2.24, 2.45) is 29.1 Å². The van der Waals surface area contributed by atoms with E-state index < -0.39 is 6.17 Å². The van der Waals surface area contributed by atoms with Crippen molar-refractivity contribution in [1.29, 1.82) is 0 Å². The van der Waals surface area contributed by atoms with E-state index in [1.165, 1.54) is 5.57 Å². The second kappa shape index (κ2) is 4.50. The van der Waals surface area contributed by atoms with Gasteiger partial charge in [-0.15, -0.1) is 0 Å². The Balaban J connectivity index is 1.65. The zero-order valence-corrected chi connectivity index (χ0v) is 12.6. The van der Waals surface area contributed by atoms with Crippen molar-refractivity contribution in [2.45, 2.75) is 58.0 Å². The fourth-order valence-electron chi connectivity index (χ4n) is 5.91. The molecule has 0 aliphatic heterocycles. The molecule has 3 saturated carbocycles. The molecule has 1 unspecified atom stereocenters. The van der Waals surface area contributed by atoms with E-state index in [2.05, 4.69) is 6.92 Å². The number of allylic oxidation sites excluding steroid dienone is 1. The maximum Gasteiger partial charge on any atom is 0.189 e. The summed E-state index contributed by atoms with van der Waals surface area (Å²) in [5, 5.41) is 0. The Hall–Kier alpha value is -0.990. The number of halogens is 1. The first-order chi connectivity index (χ1) is 10.0. The summed E-state index contributed by atoms with van der Waals surface area (Å²) in [7, 11) is 0. The third-order valence-electron chi connectivity index (χ3n) is 7.06. The minimum Gasteiger partial charge on any atom is -0.299 e. The van der Waals surface area contributed by atoms with Gasteiger partial charge in [-0.1, -0.05) is 12.5 Å². The smallest absolute Gasteiger partial charge is 0.189 e. The zero-order valence-electron chi connectivity index (χ0n) is 12.6. The number of hydrogen-bond donors (Lipinski definition) is 0. The molecule has 4 rings (SSSR count). The van der Waals surface area contributed by atoms with Crippen LogP contribution in [-0.4, -0.2) is 17.7 Å². The van der Waals surface area contributed by atoms with Gasteiger partial charge in [0, 0.05) is 11.8 Å². The van der Waals surface area contributed by atoms with Gasteiger partial charge in [0.25, 0.3) is 0 Å². The first kappa shape index (κ1) is 13.7. The van der Waals surface area contributed by atoms with E-state index in [1.54, 1.807) is 6.08 Å². The van der Waals surface area contributed by atoms with Crippen LogP contribution in [0, 0.1) is 29.1 Å². The number of fused-ring (bicyclic) bond motifs is 5. The molecule has 114 valence electrons. The second-order valence-electron chi connectivity index (χ2n) is 7.82. The van der Waals surface area contributed by atoms with E-state index in [9.17, 15) is 14.0 Å². The van der Waals surface area contributed by atoms with Gasteiger partial charge >= 0.3 is 0 Å². The minimum absolute atomic E-state index is 0.109. The molecule has 3 heteroatoms. The fourth-order valence-corrected chi connectivity index (χ4v) is 5.91. The standard InChI is InChI=1S/C18H23FO2/c1-18-7-6-11-12(14(18)4-5-17(18)21)3-2-10-8-16(20)15(19)9-13(10)11/h8,11-15H,2-7,9H2,1H3/t11-,12+,13-,14-,15?,18-/m0/s1. The number of Topliss-reactive ketones (excluding diaryl/α,β-unsaturated/α-hetero) is 1. The molecule has 0 aromatic rings. The third kappa shape index (κ3) is 1.82. The molecule has 0 radical (unpaired) electrons. The van der Waals surface area contributed by atoms with Crippen LogP contribution in [0.3, 0.4) is 0 Å². The SMILES string of the molecule is C[C@]12CC[C@H]3[C@@H](CCC4=CC(=O)C(F)C[C@@H]43)[C@@H]1CCC2=O. The summed E-state index contributed by atoms with van der Waals surface area (Å²) in [5.41, 5.74) is 1.09. The van der Waals surface area contributed by atoms with Gasteiger partial charge in [-0.05, 0) is 68.3 Å². The number of carbonyl (C=O) groups excluding carboxylic acids is 2. The van der Waals surface area contributed by atoms with E-state index in [4.69, 9.17) is 0 Å². The summed E-state index contributed by atoms with van der Waals surface area (Å²) in [4.78, 5) is 23.9. The lowest BCUT2D eigenvalue weighted by molar-refractivity contribution is -0.131. The van der Waals surface area contributed by atoms with Crippen LogP contribution in [0.1, 0.15) is 51.9 Å². The summed E-state index contributed by atoms with van der Waals surface area (Å²) in [6, 6.07) is 0. The van der Waals surface area contributed by atoms with Gasteiger partial charge in [0.1, 0.15) is 5.78 Å². The van der Waals surface area contributed by atoms with Crippen LogP contribution < -0.4 is 0 Å². The summed E-state index contributed by atoms with van der Waals surface area (Å²) < 4.78 is 13.9. The van der Waals surface area contributed by atoms with Crippen LogP contribution in [0.25, 0.3) is 0 Å². The first-order valence-electron chi connectivity index (χ1n) is 8.42. The van der Waals surface area contributed by atoms with Crippen molar-refractivity contribution in [3.8, 4) is 0 Å². The Morgan fingerprint density at radius 1 is 1.14 bits per heavy atom. The van der Waals surface area contributed by atoms with Gasteiger partial charge in [-0.2, -0.15) is 0 Å².